The molecule has 4 heterocycles. The van der Waals surface area contributed by atoms with Gasteiger partial charge in [-0.25, -0.2) is 15.0 Å². The molecule has 0 radical (unpaired) electrons. The van der Waals surface area contributed by atoms with Gasteiger partial charge in [-0.15, -0.1) is 0 Å². The van der Waals surface area contributed by atoms with Gasteiger partial charge in [-0.1, -0.05) is 74.5 Å². The van der Waals surface area contributed by atoms with Crippen LogP contribution in [-0.2, 0) is 5.41 Å². The van der Waals surface area contributed by atoms with Crippen molar-refractivity contribution in [3.8, 4) is 45.4 Å². The van der Waals surface area contributed by atoms with Gasteiger partial charge in [0.1, 0.15) is 16.9 Å². The van der Waals surface area contributed by atoms with E-state index in [2.05, 4.69) is 43.1 Å². The Kier molecular flexibility index (Phi) is 4.76. The molecule has 8 rings (SSSR count). The third kappa shape index (κ3) is 3.26. The summed E-state index contributed by atoms with van der Waals surface area (Å²) < 4.78 is 6.60. The summed E-state index contributed by atoms with van der Waals surface area (Å²) in [7, 11) is 0. The highest BCUT2D eigenvalue weighted by molar-refractivity contribution is 6.18. The van der Waals surface area contributed by atoms with Gasteiger partial charge in [0.25, 0.3) is 0 Å². The lowest BCUT2D eigenvalue weighted by Gasteiger charge is -2.21. The number of aromatic nitrogens is 5. The van der Waals surface area contributed by atoms with Crippen molar-refractivity contribution in [3.05, 3.63) is 115 Å². The average Bonchev–Trinajstić information content (AvgIpc) is 3.50. The number of nitrogens with zero attached hydrogens (tertiary/aromatic N) is 5. The summed E-state index contributed by atoms with van der Waals surface area (Å²) in [5, 5.41) is 2.12. The summed E-state index contributed by atoms with van der Waals surface area (Å²) in [4.78, 5) is 24.2. The first kappa shape index (κ1) is 22.7. The predicted octanol–water partition coefficient (Wildman–Crippen LogP) is 7.87. The molecular formula is C34H23N5O. The zero-order valence-electron chi connectivity index (χ0n) is 22.0. The lowest BCUT2D eigenvalue weighted by atomic mass is 9.83. The van der Waals surface area contributed by atoms with E-state index in [1.165, 1.54) is 11.1 Å². The van der Waals surface area contributed by atoms with Crippen molar-refractivity contribution in [1.29, 1.82) is 0 Å². The van der Waals surface area contributed by atoms with Gasteiger partial charge in [0.15, 0.2) is 17.5 Å². The Labute approximate surface area is 230 Å². The highest BCUT2D eigenvalue weighted by Crippen LogP contribution is 2.54. The minimum absolute atomic E-state index is 0.313. The van der Waals surface area contributed by atoms with Gasteiger partial charge < -0.3 is 4.42 Å². The lowest BCUT2D eigenvalue weighted by Crippen LogP contribution is -2.16. The highest BCUT2D eigenvalue weighted by Gasteiger charge is 2.40. The summed E-state index contributed by atoms with van der Waals surface area (Å²) in [6.45, 7) is 4.45. The summed E-state index contributed by atoms with van der Waals surface area (Å²) in [6, 6.07) is 30.2. The van der Waals surface area contributed by atoms with Crippen LogP contribution in [0.5, 0.6) is 0 Å². The van der Waals surface area contributed by atoms with Crippen LogP contribution in [0.4, 0.5) is 0 Å². The van der Waals surface area contributed by atoms with Gasteiger partial charge in [-0.3, -0.25) is 9.97 Å². The van der Waals surface area contributed by atoms with Crippen molar-refractivity contribution in [2.24, 2.45) is 0 Å². The molecule has 6 heteroatoms. The fourth-order valence-electron chi connectivity index (χ4n) is 5.89. The Morgan fingerprint density at radius 1 is 0.650 bits per heavy atom. The van der Waals surface area contributed by atoms with Crippen LogP contribution in [0.25, 0.3) is 67.4 Å². The second-order valence-electron chi connectivity index (χ2n) is 10.6. The number of hydrogen-bond donors (Lipinski definition) is 0. The normalized spacial score (nSPS) is 13.4. The summed E-state index contributed by atoms with van der Waals surface area (Å²) in [5.74, 6) is 1.64. The van der Waals surface area contributed by atoms with E-state index >= 15 is 0 Å². The second kappa shape index (κ2) is 8.38. The van der Waals surface area contributed by atoms with E-state index in [1.54, 1.807) is 6.20 Å². The Morgan fingerprint density at radius 3 is 2.25 bits per heavy atom. The zero-order valence-corrected chi connectivity index (χ0v) is 22.0. The van der Waals surface area contributed by atoms with Gasteiger partial charge in [0, 0.05) is 39.7 Å². The topological polar surface area (TPSA) is 77.6 Å². The molecule has 0 unspecified atom stereocenters. The third-order valence-corrected chi connectivity index (χ3v) is 7.79. The standard InChI is InChI=1S/C34H23N5O/c1-34(2)24-19-23(29-28(21-13-6-7-16-26(21)40-29)27(24)22-14-10-18-36-30(22)34)32-37-31(20-11-4-3-5-12-20)38-33(39-32)25-15-8-9-17-35-25/h3-19H,1-2H3. The van der Waals surface area contributed by atoms with Crippen molar-refractivity contribution < 1.29 is 4.42 Å². The number of hydrogen-bond acceptors (Lipinski definition) is 6. The Balaban J connectivity index is 1.49. The molecule has 0 bridgehead atoms. The molecule has 3 aromatic carbocycles. The van der Waals surface area contributed by atoms with Crippen LogP contribution < -0.4 is 0 Å². The maximum Gasteiger partial charge on any atom is 0.182 e. The zero-order chi connectivity index (χ0) is 26.8. The third-order valence-electron chi connectivity index (χ3n) is 7.79. The summed E-state index contributed by atoms with van der Waals surface area (Å²) >= 11 is 0. The minimum Gasteiger partial charge on any atom is -0.455 e. The molecule has 0 atom stereocenters. The minimum atomic E-state index is -0.313. The molecule has 40 heavy (non-hydrogen) atoms. The monoisotopic (exact) mass is 517 g/mol. The molecular weight excluding hydrogens is 494 g/mol. The molecule has 1 aliphatic carbocycles. The first-order valence-electron chi connectivity index (χ1n) is 13.3. The van der Waals surface area contributed by atoms with Gasteiger partial charge in [0.05, 0.1) is 11.3 Å². The molecule has 0 fully saturated rings. The van der Waals surface area contributed by atoms with Crippen LogP contribution in [0.1, 0.15) is 25.1 Å². The van der Waals surface area contributed by atoms with E-state index in [9.17, 15) is 0 Å². The maximum atomic E-state index is 6.60. The molecule has 7 aromatic rings. The molecule has 1 aliphatic rings. The molecule has 6 nitrogen and oxygen atoms in total. The van der Waals surface area contributed by atoms with Crippen molar-refractivity contribution in [1.82, 2.24) is 24.9 Å². The largest absolute Gasteiger partial charge is 0.455 e. The number of fused-ring (bicyclic) bond motifs is 7. The van der Waals surface area contributed by atoms with Crippen molar-refractivity contribution >= 4 is 21.9 Å². The van der Waals surface area contributed by atoms with E-state index < -0.39 is 0 Å². The quantitative estimate of drug-likeness (QED) is 0.237. The van der Waals surface area contributed by atoms with Crippen molar-refractivity contribution in [3.63, 3.8) is 0 Å². The fraction of sp³-hybridized carbons (Fsp3) is 0.0882. The van der Waals surface area contributed by atoms with E-state index in [-0.39, 0.29) is 5.41 Å². The van der Waals surface area contributed by atoms with E-state index in [1.807, 2.05) is 72.9 Å². The van der Waals surface area contributed by atoms with Crippen LogP contribution in [0.3, 0.4) is 0 Å². The van der Waals surface area contributed by atoms with Gasteiger partial charge in [-0.2, -0.15) is 0 Å². The molecule has 0 N–H and O–H groups in total. The molecule has 0 amide bonds. The number of para-hydroxylation sites is 1. The van der Waals surface area contributed by atoms with E-state index in [4.69, 9.17) is 24.4 Å². The van der Waals surface area contributed by atoms with Crippen LogP contribution in [-0.4, -0.2) is 24.9 Å². The lowest BCUT2D eigenvalue weighted by molar-refractivity contribution is 0.636. The van der Waals surface area contributed by atoms with Gasteiger partial charge in [-0.05, 0) is 41.5 Å². The summed E-state index contributed by atoms with van der Waals surface area (Å²) in [6.07, 6.45) is 3.62. The number of furan rings is 1. The molecule has 190 valence electrons. The second-order valence-corrected chi connectivity index (χ2v) is 10.6. The van der Waals surface area contributed by atoms with Crippen LogP contribution in [0.2, 0.25) is 0 Å². The molecule has 4 aromatic heterocycles. The number of rotatable bonds is 3. The Morgan fingerprint density at radius 2 is 1.40 bits per heavy atom. The van der Waals surface area contributed by atoms with Crippen LogP contribution in [0, 0.1) is 0 Å². The summed E-state index contributed by atoms with van der Waals surface area (Å²) in [5.41, 5.74) is 8.22. The fourth-order valence-corrected chi connectivity index (χ4v) is 5.89. The van der Waals surface area contributed by atoms with E-state index in [0.717, 1.165) is 44.3 Å². The highest BCUT2D eigenvalue weighted by atomic mass is 16.3. The van der Waals surface area contributed by atoms with Crippen molar-refractivity contribution in [2.75, 3.05) is 0 Å². The van der Waals surface area contributed by atoms with Gasteiger partial charge in [0.2, 0.25) is 0 Å². The van der Waals surface area contributed by atoms with E-state index in [0.29, 0.717) is 23.2 Å². The average molecular weight is 518 g/mol. The van der Waals surface area contributed by atoms with Crippen molar-refractivity contribution in [2.45, 2.75) is 19.3 Å². The SMILES string of the molecule is CC1(C)c2cc(-c3nc(-c4ccccc4)nc(-c4ccccn4)n3)c3oc4ccccc4c3c2-c2cccnc21. The molecule has 0 aliphatic heterocycles. The Bertz CT molecular complexity index is 2020. The number of pyridine rings is 2. The number of benzene rings is 3. The van der Waals surface area contributed by atoms with Gasteiger partial charge >= 0.3 is 0 Å². The van der Waals surface area contributed by atoms with Crippen LogP contribution in [0.15, 0.2) is 108 Å². The molecule has 0 saturated heterocycles. The Hall–Kier alpha value is -5.23. The first-order chi connectivity index (χ1) is 19.6. The maximum absolute atomic E-state index is 6.60. The van der Waals surface area contributed by atoms with Crippen LogP contribution >= 0.6 is 0 Å². The molecule has 0 saturated carbocycles. The first-order valence-corrected chi connectivity index (χ1v) is 13.3. The smallest absolute Gasteiger partial charge is 0.182 e. The molecule has 0 spiro atoms. The predicted molar refractivity (Wildman–Crippen MR) is 157 cm³/mol.